The van der Waals surface area contributed by atoms with E-state index < -0.39 is 0 Å². The van der Waals surface area contributed by atoms with Gasteiger partial charge in [0.25, 0.3) is 0 Å². The fourth-order valence-electron chi connectivity index (χ4n) is 0.700. The minimum atomic E-state index is 1.20. The normalized spacial score (nSPS) is 8.89. The number of benzene rings is 1. The summed E-state index contributed by atoms with van der Waals surface area (Å²) in [6.07, 6.45) is 3.76. The number of allylic oxidation sites excluding steroid dienone is 1. The Labute approximate surface area is 55.8 Å². The summed E-state index contributed by atoms with van der Waals surface area (Å²) in [6.45, 7) is 3.60. The van der Waals surface area contributed by atoms with Crippen LogP contribution < -0.4 is 0 Å². The van der Waals surface area contributed by atoms with E-state index in [-0.39, 0.29) is 0 Å². The lowest BCUT2D eigenvalue weighted by Crippen LogP contribution is -1.72. The molecule has 0 fully saturated rings. The maximum absolute atomic E-state index is 3.60. The van der Waals surface area contributed by atoms with Gasteiger partial charge in [-0.15, -0.1) is 6.58 Å². The summed E-state index contributed by atoms with van der Waals surface area (Å²) in [4.78, 5) is 0. The van der Waals surface area contributed by atoms with Gasteiger partial charge in [0.05, 0.1) is 0 Å². The summed E-state index contributed by atoms with van der Waals surface area (Å²) in [6, 6.07) is 10.1. The molecule has 9 heavy (non-hydrogen) atoms. The first-order valence-electron chi connectivity index (χ1n) is 2.94. The Hall–Kier alpha value is -1.04. The number of hydrogen-bond donors (Lipinski definition) is 0. The van der Waals surface area contributed by atoms with Crippen LogP contribution in [0.2, 0.25) is 0 Å². The molecule has 0 saturated heterocycles. The van der Waals surface area contributed by atoms with E-state index in [4.69, 9.17) is 0 Å². The second-order valence-electron chi connectivity index (χ2n) is 1.81. The van der Waals surface area contributed by atoms with Gasteiger partial charge >= 0.3 is 0 Å². The Morgan fingerprint density at radius 1 is 1.11 bits per heavy atom. The Balaban J connectivity index is 2.72. The lowest BCUT2D eigenvalue weighted by Gasteiger charge is -1.90. The van der Waals surface area contributed by atoms with Gasteiger partial charge in [-0.25, -0.2) is 0 Å². The average molecular weight is 118 g/mol. The van der Waals surface area contributed by atoms with Crippen LogP contribution in [-0.4, -0.2) is 0 Å². The quantitative estimate of drug-likeness (QED) is 0.523. The van der Waals surface area contributed by atoms with Crippen molar-refractivity contribution in [3.63, 3.8) is 0 Å². The smallest absolute Gasteiger partial charge is 0.0119 e. The Morgan fingerprint density at radius 3 is 2.33 bits per heavy atom. The summed E-state index contributed by atoms with van der Waals surface area (Å²) >= 11 is 0. The maximum Gasteiger partial charge on any atom is 0.0119 e. The van der Waals surface area contributed by atoms with Crippen molar-refractivity contribution in [1.82, 2.24) is 0 Å². The van der Waals surface area contributed by atoms with Crippen molar-refractivity contribution < 1.29 is 0 Å². The van der Waals surface area contributed by atoms with Gasteiger partial charge in [0.1, 0.15) is 0 Å². The third-order valence-corrected chi connectivity index (χ3v) is 1.11. The van der Waals surface area contributed by atoms with E-state index in [1.54, 1.807) is 6.08 Å². The lowest BCUT2D eigenvalue weighted by molar-refractivity contribution is 1.53. The molecule has 0 aromatic heterocycles. The van der Waals surface area contributed by atoms with Gasteiger partial charge in [-0.2, -0.15) is 0 Å². The zero-order valence-electron chi connectivity index (χ0n) is 5.25. The van der Waals surface area contributed by atoms with Gasteiger partial charge in [-0.05, 0) is 5.56 Å². The highest BCUT2D eigenvalue weighted by Crippen LogP contribution is 2.00. The van der Waals surface area contributed by atoms with Crippen LogP contribution in [0.1, 0.15) is 5.56 Å². The first kappa shape index (κ1) is 6.09. The minimum absolute atomic E-state index is 1.20. The molecule has 0 atom stereocenters. The zero-order chi connectivity index (χ0) is 6.53. The van der Waals surface area contributed by atoms with E-state index >= 15 is 0 Å². The predicted molar refractivity (Wildman–Crippen MR) is 40.0 cm³/mol. The van der Waals surface area contributed by atoms with Crippen molar-refractivity contribution in [3.8, 4) is 0 Å². The molecule has 0 N–H and O–H groups in total. The molecule has 0 nitrogen and oxygen atoms in total. The number of hydrogen-bond acceptors (Lipinski definition) is 0. The first-order chi connectivity index (χ1) is 4.43. The molecular weight excluding hydrogens is 109 g/mol. The molecule has 0 unspecified atom stereocenters. The highest BCUT2D eigenvalue weighted by Gasteiger charge is 1.82. The SMILES string of the molecule is C=C[13CH]c1ccccc1. The van der Waals surface area contributed by atoms with Crippen molar-refractivity contribution in [2.45, 2.75) is 0 Å². The molecule has 0 aliphatic carbocycles. The molecule has 0 spiro atoms. The Kier molecular flexibility index (Phi) is 2.08. The van der Waals surface area contributed by atoms with Gasteiger partial charge in [-0.1, -0.05) is 36.4 Å². The third-order valence-electron chi connectivity index (χ3n) is 1.11. The van der Waals surface area contributed by atoms with E-state index in [1.165, 1.54) is 5.56 Å². The molecule has 1 aromatic carbocycles. The standard InChI is InChI=1S/C9H9/c1-2-6-9-7-4-3-5-8-9/h2-8H,1H2/i6+1. The van der Waals surface area contributed by atoms with Gasteiger partial charge < -0.3 is 0 Å². The molecule has 0 aliphatic heterocycles. The third kappa shape index (κ3) is 1.73. The van der Waals surface area contributed by atoms with Gasteiger partial charge in [0.2, 0.25) is 0 Å². The van der Waals surface area contributed by atoms with Crippen molar-refractivity contribution in [3.05, 3.63) is 55.0 Å². The molecule has 45 valence electrons. The second kappa shape index (κ2) is 3.08. The molecule has 0 heteroatoms. The molecule has 1 rings (SSSR count). The van der Waals surface area contributed by atoms with Gasteiger partial charge in [0, 0.05) is 6.42 Å². The van der Waals surface area contributed by atoms with E-state index in [0.717, 1.165) is 0 Å². The van der Waals surface area contributed by atoms with Crippen LogP contribution in [-0.2, 0) is 0 Å². The lowest BCUT2D eigenvalue weighted by atomic mass is 10.3. The van der Waals surface area contributed by atoms with Crippen LogP contribution >= 0.6 is 0 Å². The molecule has 0 saturated carbocycles. The monoisotopic (exact) mass is 118 g/mol. The topological polar surface area (TPSA) is 0 Å². The summed E-state index contributed by atoms with van der Waals surface area (Å²) in [5.74, 6) is 0. The fraction of sp³-hybridized carbons (Fsp3) is 0. The van der Waals surface area contributed by atoms with Crippen molar-refractivity contribution in [1.29, 1.82) is 0 Å². The summed E-state index contributed by atoms with van der Waals surface area (Å²) in [7, 11) is 0. The van der Waals surface area contributed by atoms with Crippen LogP contribution in [0.15, 0.2) is 43.0 Å². The highest BCUT2D eigenvalue weighted by atomic mass is 14.2. The first-order valence-corrected chi connectivity index (χ1v) is 2.94. The molecule has 0 bridgehead atoms. The average Bonchev–Trinajstić information content (AvgIpc) is 1.91. The maximum atomic E-state index is 3.60. The fourth-order valence-corrected chi connectivity index (χ4v) is 0.700. The van der Waals surface area contributed by atoms with Crippen molar-refractivity contribution in [2.24, 2.45) is 0 Å². The van der Waals surface area contributed by atoms with E-state index in [9.17, 15) is 0 Å². The molecule has 0 aliphatic rings. The molecule has 0 amide bonds. The van der Waals surface area contributed by atoms with Crippen LogP contribution in [0.4, 0.5) is 0 Å². The Bertz CT molecular complexity index is 174. The summed E-state index contributed by atoms with van der Waals surface area (Å²) in [5.41, 5.74) is 1.20. The molecule has 1 radical (unpaired) electrons. The Morgan fingerprint density at radius 2 is 1.78 bits per heavy atom. The van der Waals surface area contributed by atoms with E-state index in [0.29, 0.717) is 0 Å². The van der Waals surface area contributed by atoms with Gasteiger partial charge in [0.15, 0.2) is 0 Å². The number of rotatable bonds is 2. The highest BCUT2D eigenvalue weighted by molar-refractivity contribution is 5.26. The van der Waals surface area contributed by atoms with Crippen LogP contribution in [0.5, 0.6) is 0 Å². The summed E-state index contributed by atoms with van der Waals surface area (Å²) < 4.78 is 0. The molecule has 0 heterocycles. The van der Waals surface area contributed by atoms with Crippen LogP contribution in [0, 0.1) is 6.42 Å². The minimum Gasteiger partial charge on any atom is -0.102 e. The van der Waals surface area contributed by atoms with Crippen molar-refractivity contribution in [2.75, 3.05) is 0 Å². The molecule has 1 aromatic rings. The predicted octanol–water partition coefficient (Wildman–Crippen LogP) is 2.42. The van der Waals surface area contributed by atoms with Crippen LogP contribution in [0.3, 0.4) is 0 Å². The zero-order valence-corrected chi connectivity index (χ0v) is 5.25. The summed E-state index contributed by atoms with van der Waals surface area (Å²) in [5, 5.41) is 0. The second-order valence-corrected chi connectivity index (χ2v) is 1.81. The van der Waals surface area contributed by atoms with Crippen molar-refractivity contribution >= 4 is 0 Å². The largest absolute Gasteiger partial charge is 0.102 e. The molecular formula is C9H9. The van der Waals surface area contributed by atoms with E-state index in [2.05, 4.69) is 6.58 Å². The van der Waals surface area contributed by atoms with Gasteiger partial charge in [-0.3, -0.25) is 0 Å². The van der Waals surface area contributed by atoms with E-state index in [1.807, 2.05) is 36.8 Å². The van der Waals surface area contributed by atoms with Crippen LogP contribution in [0.25, 0.3) is 0 Å².